The van der Waals surface area contributed by atoms with Crippen molar-refractivity contribution in [1.82, 2.24) is 0 Å². The molecule has 1 atom stereocenters. The average Bonchev–Trinajstić information content (AvgIpc) is 2.38. The summed E-state index contributed by atoms with van der Waals surface area (Å²) in [7, 11) is 0. The van der Waals surface area contributed by atoms with Gasteiger partial charge in [-0.2, -0.15) is 0 Å². The lowest BCUT2D eigenvalue weighted by atomic mass is 10.2. The summed E-state index contributed by atoms with van der Waals surface area (Å²) in [5, 5.41) is 5.53. The minimum Gasteiger partial charge on any atom is -0.328 e. The van der Waals surface area contributed by atoms with Crippen LogP contribution in [0.15, 0.2) is 24.3 Å². The van der Waals surface area contributed by atoms with Gasteiger partial charge in [0, 0.05) is 30.3 Å². The van der Waals surface area contributed by atoms with Gasteiger partial charge in [-0.05, 0) is 37.6 Å². The molecule has 0 aromatic heterocycles. The highest BCUT2D eigenvalue weighted by molar-refractivity contribution is 5.92. The molecule has 0 aliphatic rings. The van der Waals surface area contributed by atoms with E-state index in [2.05, 4.69) is 10.6 Å². The highest BCUT2D eigenvalue weighted by Gasteiger charge is 2.04. The lowest BCUT2D eigenvalue weighted by Crippen LogP contribution is -2.19. The van der Waals surface area contributed by atoms with Crippen molar-refractivity contribution < 1.29 is 9.59 Å². The Morgan fingerprint density at radius 2 is 1.58 bits per heavy atom. The van der Waals surface area contributed by atoms with Crippen LogP contribution in [0.2, 0.25) is 0 Å². The zero-order chi connectivity index (χ0) is 14.3. The number of carbonyl (C=O) groups excluding carboxylic acids is 2. The Kier molecular flexibility index (Phi) is 6.02. The van der Waals surface area contributed by atoms with E-state index in [9.17, 15) is 9.59 Å². The lowest BCUT2D eigenvalue weighted by molar-refractivity contribution is -0.117. The van der Waals surface area contributed by atoms with Crippen molar-refractivity contribution in [2.75, 3.05) is 10.6 Å². The van der Waals surface area contributed by atoms with Crippen LogP contribution in [0.5, 0.6) is 0 Å². The van der Waals surface area contributed by atoms with E-state index in [0.29, 0.717) is 24.9 Å². The molecular formula is C14H21N3O2. The second-order valence-electron chi connectivity index (χ2n) is 4.54. The molecule has 1 rings (SSSR count). The summed E-state index contributed by atoms with van der Waals surface area (Å²) in [6.45, 7) is 3.67. The average molecular weight is 263 g/mol. The van der Waals surface area contributed by atoms with Gasteiger partial charge in [-0.25, -0.2) is 0 Å². The highest BCUT2D eigenvalue weighted by atomic mass is 16.2. The van der Waals surface area contributed by atoms with Crippen molar-refractivity contribution in [3.63, 3.8) is 0 Å². The van der Waals surface area contributed by atoms with Crippen molar-refractivity contribution in [1.29, 1.82) is 0 Å². The Bertz CT molecular complexity index is 427. The summed E-state index contributed by atoms with van der Waals surface area (Å²) < 4.78 is 0. The second kappa shape index (κ2) is 7.53. The summed E-state index contributed by atoms with van der Waals surface area (Å²) in [5.41, 5.74) is 7.03. The number of hydrogen-bond donors (Lipinski definition) is 3. The molecule has 0 radical (unpaired) electrons. The Hall–Kier alpha value is -1.88. The molecule has 19 heavy (non-hydrogen) atoms. The molecular weight excluding hydrogens is 242 g/mol. The van der Waals surface area contributed by atoms with Crippen LogP contribution in [0.4, 0.5) is 11.4 Å². The van der Waals surface area contributed by atoms with E-state index in [1.165, 1.54) is 0 Å². The molecule has 1 aromatic rings. The van der Waals surface area contributed by atoms with Crippen LogP contribution in [0.3, 0.4) is 0 Å². The van der Waals surface area contributed by atoms with Crippen molar-refractivity contribution in [3.05, 3.63) is 24.3 Å². The first-order valence-corrected chi connectivity index (χ1v) is 6.46. The fourth-order valence-electron chi connectivity index (χ4n) is 1.47. The Labute approximate surface area is 113 Å². The molecule has 5 nitrogen and oxygen atoms in total. The van der Waals surface area contributed by atoms with Gasteiger partial charge < -0.3 is 16.4 Å². The van der Waals surface area contributed by atoms with Crippen molar-refractivity contribution >= 4 is 23.2 Å². The predicted molar refractivity (Wildman–Crippen MR) is 76.9 cm³/mol. The van der Waals surface area contributed by atoms with E-state index in [0.717, 1.165) is 5.69 Å². The molecule has 0 spiro atoms. The van der Waals surface area contributed by atoms with E-state index in [1.807, 2.05) is 6.92 Å². The van der Waals surface area contributed by atoms with Crippen LogP contribution in [0, 0.1) is 0 Å². The standard InChI is InChI=1S/C14H21N3O2/c1-3-13(18)16-11-5-7-12(8-6-11)17-14(19)9-4-10(2)15/h5-8,10H,3-4,9,15H2,1-2H3,(H,16,18)(H,17,19). The number of nitrogens with one attached hydrogen (secondary N) is 2. The Morgan fingerprint density at radius 3 is 2.00 bits per heavy atom. The Morgan fingerprint density at radius 1 is 1.11 bits per heavy atom. The number of rotatable bonds is 6. The molecule has 0 saturated heterocycles. The van der Waals surface area contributed by atoms with Gasteiger partial charge >= 0.3 is 0 Å². The Balaban J connectivity index is 2.47. The summed E-state index contributed by atoms with van der Waals surface area (Å²) >= 11 is 0. The zero-order valence-corrected chi connectivity index (χ0v) is 11.4. The molecule has 0 fully saturated rings. The third-order valence-corrected chi connectivity index (χ3v) is 2.60. The minimum absolute atomic E-state index is 0.0254. The van der Waals surface area contributed by atoms with Gasteiger partial charge in [-0.15, -0.1) is 0 Å². The third-order valence-electron chi connectivity index (χ3n) is 2.60. The van der Waals surface area contributed by atoms with Crippen molar-refractivity contribution in [2.45, 2.75) is 39.2 Å². The molecule has 104 valence electrons. The first kappa shape index (κ1) is 15.2. The molecule has 1 aromatic carbocycles. The zero-order valence-electron chi connectivity index (χ0n) is 11.4. The number of carbonyl (C=O) groups is 2. The maximum Gasteiger partial charge on any atom is 0.224 e. The van der Waals surface area contributed by atoms with Gasteiger partial charge in [0.2, 0.25) is 11.8 Å². The van der Waals surface area contributed by atoms with Crippen molar-refractivity contribution in [2.24, 2.45) is 5.73 Å². The van der Waals surface area contributed by atoms with E-state index >= 15 is 0 Å². The van der Waals surface area contributed by atoms with E-state index in [4.69, 9.17) is 5.73 Å². The SMILES string of the molecule is CCC(=O)Nc1ccc(NC(=O)CCC(C)N)cc1. The van der Waals surface area contributed by atoms with Crippen LogP contribution in [0.25, 0.3) is 0 Å². The second-order valence-corrected chi connectivity index (χ2v) is 4.54. The third kappa shape index (κ3) is 6.01. The maximum absolute atomic E-state index is 11.6. The van der Waals surface area contributed by atoms with Gasteiger partial charge in [0.1, 0.15) is 0 Å². The normalized spacial score (nSPS) is 11.7. The number of hydrogen-bond acceptors (Lipinski definition) is 3. The summed E-state index contributed by atoms with van der Waals surface area (Å²) in [6.07, 6.45) is 1.51. The van der Waals surface area contributed by atoms with Crippen molar-refractivity contribution in [3.8, 4) is 0 Å². The minimum atomic E-state index is -0.0531. The largest absolute Gasteiger partial charge is 0.328 e. The van der Waals surface area contributed by atoms with E-state index in [1.54, 1.807) is 31.2 Å². The molecule has 0 aliphatic heterocycles. The highest BCUT2D eigenvalue weighted by Crippen LogP contribution is 2.14. The first-order valence-electron chi connectivity index (χ1n) is 6.46. The molecule has 4 N–H and O–H groups in total. The number of amides is 2. The number of anilines is 2. The van der Waals surface area contributed by atoms with E-state index < -0.39 is 0 Å². The molecule has 5 heteroatoms. The fourth-order valence-corrected chi connectivity index (χ4v) is 1.47. The monoisotopic (exact) mass is 263 g/mol. The summed E-state index contributed by atoms with van der Waals surface area (Å²) in [4.78, 5) is 22.8. The van der Waals surface area contributed by atoms with Gasteiger partial charge in [-0.3, -0.25) is 9.59 Å². The topological polar surface area (TPSA) is 84.2 Å². The predicted octanol–water partition coefficient (Wildman–Crippen LogP) is 2.10. The van der Waals surface area contributed by atoms with Gasteiger partial charge in [-0.1, -0.05) is 6.92 Å². The molecule has 0 bridgehead atoms. The lowest BCUT2D eigenvalue weighted by Gasteiger charge is -2.08. The van der Waals surface area contributed by atoms with Crippen LogP contribution in [-0.4, -0.2) is 17.9 Å². The van der Waals surface area contributed by atoms with Gasteiger partial charge in [0.15, 0.2) is 0 Å². The van der Waals surface area contributed by atoms with Crippen LogP contribution >= 0.6 is 0 Å². The number of benzene rings is 1. The van der Waals surface area contributed by atoms with Crippen LogP contribution in [0.1, 0.15) is 33.1 Å². The molecule has 1 unspecified atom stereocenters. The van der Waals surface area contributed by atoms with E-state index in [-0.39, 0.29) is 17.9 Å². The smallest absolute Gasteiger partial charge is 0.224 e. The fraction of sp³-hybridized carbons (Fsp3) is 0.429. The molecule has 2 amide bonds. The van der Waals surface area contributed by atoms with Gasteiger partial charge in [0.25, 0.3) is 0 Å². The maximum atomic E-state index is 11.6. The number of nitrogens with two attached hydrogens (primary N) is 1. The molecule has 0 saturated carbocycles. The molecule has 0 aliphatic carbocycles. The van der Waals surface area contributed by atoms with Gasteiger partial charge in [0.05, 0.1) is 0 Å². The van der Waals surface area contributed by atoms with Crippen LogP contribution in [-0.2, 0) is 9.59 Å². The first-order chi connectivity index (χ1) is 9.01. The van der Waals surface area contributed by atoms with Crippen LogP contribution < -0.4 is 16.4 Å². The quantitative estimate of drug-likeness (QED) is 0.734. The summed E-state index contributed by atoms with van der Waals surface area (Å²) in [5.74, 6) is -0.0867. The summed E-state index contributed by atoms with van der Waals surface area (Å²) in [6, 6.07) is 7.06. The molecule has 0 heterocycles.